The monoisotopic (exact) mass is 260 g/mol. The molecule has 0 amide bonds. The molecule has 0 N–H and O–H groups in total. The predicted octanol–water partition coefficient (Wildman–Crippen LogP) is 1.99. The molecule has 0 aromatic carbocycles. The van der Waals surface area contributed by atoms with Crippen LogP contribution in [0.3, 0.4) is 0 Å². The van der Waals surface area contributed by atoms with Gasteiger partial charge in [-0.1, -0.05) is 0 Å². The minimum Gasteiger partial charge on any atom is -0.466 e. The Morgan fingerprint density at radius 1 is 1.71 bits per heavy atom. The lowest BCUT2D eigenvalue weighted by atomic mass is 10.3. The average molecular weight is 261 g/mol. The highest BCUT2D eigenvalue weighted by Crippen LogP contribution is 2.07. The Balaban J connectivity index is 2.18. The normalized spacial score (nSPS) is 10.1. The fraction of sp³-hybridized carbons (Fsp3) is 0.556. The zero-order valence-corrected chi connectivity index (χ0v) is 9.66. The molecule has 0 saturated heterocycles. The fourth-order valence-electron chi connectivity index (χ4n) is 1.08. The van der Waals surface area contributed by atoms with Crippen LogP contribution < -0.4 is 0 Å². The topological polar surface area (TPSA) is 44.1 Å². The summed E-state index contributed by atoms with van der Waals surface area (Å²) >= 11 is 3.30. The van der Waals surface area contributed by atoms with Crippen molar-refractivity contribution in [2.45, 2.75) is 26.3 Å². The Morgan fingerprint density at radius 2 is 2.50 bits per heavy atom. The number of carbonyl (C=O) groups excluding carboxylic acids is 1. The van der Waals surface area contributed by atoms with Gasteiger partial charge < -0.3 is 4.74 Å². The summed E-state index contributed by atoms with van der Waals surface area (Å²) in [6.07, 6.45) is 4.81. The molecular weight excluding hydrogens is 248 g/mol. The summed E-state index contributed by atoms with van der Waals surface area (Å²) in [6.45, 7) is 3.00. The molecule has 0 spiro atoms. The summed E-state index contributed by atoms with van der Waals surface area (Å²) in [5, 5.41) is 4.08. The lowest BCUT2D eigenvalue weighted by Crippen LogP contribution is -2.06. The fourth-order valence-corrected chi connectivity index (χ4v) is 1.41. The molecule has 1 heterocycles. The molecule has 5 heteroatoms. The van der Waals surface area contributed by atoms with E-state index in [-0.39, 0.29) is 5.97 Å². The Bertz CT molecular complexity index is 299. The van der Waals surface area contributed by atoms with Crippen molar-refractivity contribution in [2.24, 2.45) is 0 Å². The highest BCUT2D eigenvalue weighted by atomic mass is 79.9. The third-order valence-corrected chi connectivity index (χ3v) is 2.08. The Labute approximate surface area is 91.4 Å². The first kappa shape index (κ1) is 11.2. The van der Waals surface area contributed by atoms with E-state index < -0.39 is 0 Å². The van der Waals surface area contributed by atoms with Crippen molar-refractivity contribution < 1.29 is 9.53 Å². The number of halogens is 1. The number of hydrogen-bond donors (Lipinski definition) is 0. The standard InChI is InChI=1S/C9H13BrN2O2/c1-2-14-9(13)4-3-5-12-7-8(10)6-11-12/h6-7H,2-5H2,1H3. The van der Waals surface area contributed by atoms with Gasteiger partial charge in [-0.2, -0.15) is 5.10 Å². The second kappa shape index (κ2) is 5.80. The van der Waals surface area contributed by atoms with E-state index >= 15 is 0 Å². The van der Waals surface area contributed by atoms with E-state index in [0.29, 0.717) is 13.0 Å². The van der Waals surface area contributed by atoms with Crippen LogP contribution in [-0.2, 0) is 16.1 Å². The van der Waals surface area contributed by atoms with Crippen LogP contribution in [0.1, 0.15) is 19.8 Å². The molecule has 0 aliphatic heterocycles. The molecule has 0 unspecified atom stereocenters. The first-order valence-electron chi connectivity index (χ1n) is 4.56. The molecule has 0 fully saturated rings. The van der Waals surface area contributed by atoms with Gasteiger partial charge in [0.05, 0.1) is 17.3 Å². The summed E-state index contributed by atoms with van der Waals surface area (Å²) in [7, 11) is 0. The first-order valence-corrected chi connectivity index (χ1v) is 5.35. The number of hydrogen-bond acceptors (Lipinski definition) is 3. The van der Waals surface area contributed by atoms with Crippen molar-refractivity contribution in [3.05, 3.63) is 16.9 Å². The number of esters is 1. The number of carbonyl (C=O) groups is 1. The number of rotatable bonds is 5. The molecule has 14 heavy (non-hydrogen) atoms. The van der Waals surface area contributed by atoms with Gasteiger partial charge in [0, 0.05) is 19.2 Å². The third kappa shape index (κ3) is 3.91. The molecule has 78 valence electrons. The maximum Gasteiger partial charge on any atom is 0.305 e. The predicted molar refractivity (Wildman–Crippen MR) is 55.8 cm³/mol. The van der Waals surface area contributed by atoms with E-state index in [1.807, 2.05) is 13.1 Å². The zero-order chi connectivity index (χ0) is 10.4. The second-order valence-corrected chi connectivity index (χ2v) is 3.75. The Kier molecular flexibility index (Phi) is 4.65. The van der Waals surface area contributed by atoms with E-state index in [2.05, 4.69) is 21.0 Å². The smallest absolute Gasteiger partial charge is 0.305 e. The molecule has 0 aliphatic rings. The molecule has 1 aromatic heterocycles. The van der Waals surface area contributed by atoms with Crippen LogP contribution in [0.4, 0.5) is 0 Å². The second-order valence-electron chi connectivity index (χ2n) is 2.83. The Morgan fingerprint density at radius 3 is 3.07 bits per heavy atom. The average Bonchev–Trinajstić information content (AvgIpc) is 2.52. The van der Waals surface area contributed by atoms with Gasteiger partial charge in [0.15, 0.2) is 0 Å². The van der Waals surface area contributed by atoms with Crippen LogP contribution >= 0.6 is 15.9 Å². The van der Waals surface area contributed by atoms with Gasteiger partial charge in [-0.3, -0.25) is 9.48 Å². The van der Waals surface area contributed by atoms with Crippen molar-refractivity contribution in [2.75, 3.05) is 6.61 Å². The van der Waals surface area contributed by atoms with E-state index in [1.54, 1.807) is 10.9 Å². The zero-order valence-electron chi connectivity index (χ0n) is 8.07. The molecule has 1 aromatic rings. The van der Waals surface area contributed by atoms with Crippen molar-refractivity contribution in [3.63, 3.8) is 0 Å². The SMILES string of the molecule is CCOC(=O)CCCn1cc(Br)cn1. The van der Waals surface area contributed by atoms with Crippen molar-refractivity contribution >= 4 is 21.9 Å². The third-order valence-electron chi connectivity index (χ3n) is 1.68. The summed E-state index contributed by atoms with van der Waals surface area (Å²) in [5.41, 5.74) is 0. The molecule has 4 nitrogen and oxygen atoms in total. The van der Waals surface area contributed by atoms with E-state index in [1.165, 1.54) is 0 Å². The van der Waals surface area contributed by atoms with Crippen LogP contribution in [-0.4, -0.2) is 22.4 Å². The summed E-state index contributed by atoms with van der Waals surface area (Å²) in [6, 6.07) is 0. The van der Waals surface area contributed by atoms with Gasteiger partial charge in [-0.05, 0) is 29.3 Å². The van der Waals surface area contributed by atoms with Crippen molar-refractivity contribution in [3.8, 4) is 0 Å². The lowest BCUT2D eigenvalue weighted by molar-refractivity contribution is -0.143. The highest BCUT2D eigenvalue weighted by Gasteiger charge is 2.01. The van der Waals surface area contributed by atoms with Crippen LogP contribution in [0.15, 0.2) is 16.9 Å². The van der Waals surface area contributed by atoms with Crippen LogP contribution in [0.25, 0.3) is 0 Å². The number of aryl methyl sites for hydroxylation is 1. The summed E-state index contributed by atoms with van der Waals surface area (Å²) in [5.74, 6) is -0.140. The molecule has 0 radical (unpaired) electrons. The molecule has 0 atom stereocenters. The van der Waals surface area contributed by atoms with Crippen LogP contribution in [0.2, 0.25) is 0 Å². The highest BCUT2D eigenvalue weighted by molar-refractivity contribution is 9.10. The Hall–Kier alpha value is -0.840. The van der Waals surface area contributed by atoms with Gasteiger partial charge in [-0.15, -0.1) is 0 Å². The lowest BCUT2D eigenvalue weighted by Gasteiger charge is -2.01. The molecule has 1 rings (SSSR count). The van der Waals surface area contributed by atoms with Crippen LogP contribution in [0.5, 0.6) is 0 Å². The van der Waals surface area contributed by atoms with Gasteiger partial charge in [-0.25, -0.2) is 0 Å². The maximum atomic E-state index is 11.0. The molecule has 0 aliphatic carbocycles. The number of ether oxygens (including phenoxy) is 1. The first-order chi connectivity index (χ1) is 6.72. The maximum absolute atomic E-state index is 11.0. The molecular formula is C9H13BrN2O2. The quantitative estimate of drug-likeness (QED) is 0.761. The van der Waals surface area contributed by atoms with Crippen molar-refractivity contribution in [1.29, 1.82) is 0 Å². The molecule has 0 saturated carbocycles. The number of aromatic nitrogens is 2. The molecule has 0 bridgehead atoms. The van der Waals surface area contributed by atoms with Crippen LogP contribution in [0, 0.1) is 0 Å². The van der Waals surface area contributed by atoms with Gasteiger partial charge >= 0.3 is 5.97 Å². The van der Waals surface area contributed by atoms with Gasteiger partial charge in [0.25, 0.3) is 0 Å². The van der Waals surface area contributed by atoms with E-state index in [0.717, 1.165) is 17.4 Å². The minimum absolute atomic E-state index is 0.140. The van der Waals surface area contributed by atoms with Gasteiger partial charge in [0.2, 0.25) is 0 Å². The summed E-state index contributed by atoms with van der Waals surface area (Å²) < 4.78 is 7.55. The largest absolute Gasteiger partial charge is 0.466 e. The summed E-state index contributed by atoms with van der Waals surface area (Å²) in [4.78, 5) is 11.0. The van der Waals surface area contributed by atoms with E-state index in [4.69, 9.17) is 4.74 Å². The minimum atomic E-state index is -0.140. The van der Waals surface area contributed by atoms with Crippen molar-refractivity contribution in [1.82, 2.24) is 9.78 Å². The van der Waals surface area contributed by atoms with Gasteiger partial charge in [0.1, 0.15) is 0 Å². The number of nitrogens with zero attached hydrogens (tertiary/aromatic N) is 2. The van der Waals surface area contributed by atoms with E-state index in [9.17, 15) is 4.79 Å².